The summed E-state index contributed by atoms with van der Waals surface area (Å²) in [5.74, 6) is 0.664. The highest BCUT2D eigenvalue weighted by atomic mass is 32.1. The zero-order chi connectivity index (χ0) is 39.3. The fourth-order valence-corrected chi connectivity index (χ4v) is 11.1. The first-order valence-electron chi connectivity index (χ1n) is 20.4. The maximum absolute atomic E-state index is 5.72. The van der Waals surface area contributed by atoms with Gasteiger partial charge in [-0.1, -0.05) is 182 Å². The number of hydrogen-bond acceptors (Lipinski definition) is 3. The summed E-state index contributed by atoms with van der Waals surface area (Å²) in [5, 5.41) is 13.2. The molecule has 10 aromatic carbocycles. The highest BCUT2D eigenvalue weighted by molar-refractivity contribution is 7.27. The standard InChI is InChI=1S/C56H33N3S/c1-2-15-34(16-3-1)37-20-12-21-38(33-37)41-27-14-29-46-50-43-25-9-8-24-42(43)49-45-26-10-11-30-48(45)59(53(49)55(50)60-54(41)46)56-57-47-32-31-36-18-5-7-23-40(36)51(47)52(58-56)44-28-13-19-35-17-4-6-22-39(35)44/h1-33H. The summed E-state index contributed by atoms with van der Waals surface area (Å²) in [4.78, 5) is 11.3. The lowest BCUT2D eigenvalue weighted by molar-refractivity contribution is 1.02. The van der Waals surface area contributed by atoms with Crippen molar-refractivity contribution in [3.8, 4) is 39.5 Å². The van der Waals surface area contributed by atoms with E-state index in [1.807, 2.05) is 11.3 Å². The van der Waals surface area contributed by atoms with Gasteiger partial charge in [-0.3, -0.25) is 4.57 Å². The molecule has 0 atom stereocenters. The first-order valence-corrected chi connectivity index (χ1v) is 21.2. The second-order valence-corrected chi connectivity index (χ2v) is 16.7. The Kier molecular flexibility index (Phi) is 7.18. The number of benzene rings is 10. The molecular weight excluding hydrogens is 747 g/mol. The lowest BCUT2D eigenvalue weighted by Crippen LogP contribution is -2.04. The number of rotatable bonds is 4. The lowest BCUT2D eigenvalue weighted by atomic mass is 9.96. The molecule has 0 saturated carbocycles. The van der Waals surface area contributed by atoms with Crippen LogP contribution in [0.3, 0.4) is 0 Å². The van der Waals surface area contributed by atoms with Crippen molar-refractivity contribution in [1.29, 1.82) is 0 Å². The van der Waals surface area contributed by atoms with Gasteiger partial charge in [0.15, 0.2) is 0 Å². The maximum atomic E-state index is 5.72. The monoisotopic (exact) mass is 779 g/mol. The molecule has 3 aromatic heterocycles. The van der Waals surface area contributed by atoms with Crippen molar-refractivity contribution in [3.63, 3.8) is 0 Å². The normalized spacial score (nSPS) is 12.0. The molecule has 60 heavy (non-hydrogen) atoms. The van der Waals surface area contributed by atoms with E-state index >= 15 is 0 Å². The molecule has 0 bridgehead atoms. The predicted molar refractivity (Wildman–Crippen MR) is 256 cm³/mol. The molecule has 0 saturated heterocycles. The van der Waals surface area contributed by atoms with Gasteiger partial charge < -0.3 is 0 Å². The summed E-state index contributed by atoms with van der Waals surface area (Å²) in [7, 11) is 0. The third-order valence-corrected chi connectivity index (χ3v) is 13.6. The summed E-state index contributed by atoms with van der Waals surface area (Å²) >= 11 is 1.88. The van der Waals surface area contributed by atoms with Crippen LogP contribution in [0.1, 0.15) is 0 Å². The van der Waals surface area contributed by atoms with E-state index in [-0.39, 0.29) is 0 Å². The fourth-order valence-electron chi connectivity index (χ4n) is 9.75. The van der Waals surface area contributed by atoms with Crippen LogP contribution in [0.2, 0.25) is 0 Å². The minimum absolute atomic E-state index is 0.664. The van der Waals surface area contributed by atoms with Crippen molar-refractivity contribution in [1.82, 2.24) is 14.5 Å². The number of para-hydroxylation sites is 1. The van der Waals surface area contributed by atoms with Gasteiger partial charge in [0, 0.05) is 37.2 Å². The Morgan fingerprint density at radius 3 is 1.82 bits per heavy atom. The van der Waals surface area contributed by atoms with Crippen molar-refractivity contribution < 1.29 is 0 Å². The second kappa shape index (κ2) is 12.9. The molecule has 0 aliphatic carbocycles. The SMILES string of the molecule is c1ccc(-c2cccc(-c3cccc4c3sc3c4c4ccccc4c4c5ccccc5n(-c5nc(-c6cccc7ccccc67)c6c(ccc7ccccc76)n5)c34)c2)cc1. The van der Waals surface area contributed by atoms with E-state index in [0.29, 0.717) is 5.95 Å². The molecule has 0 aliphatic rings. The Balaban J connectivity index is 1.18. The topological polar surface area (TPSA) is 30.7 Å². The number of hydrogen-bond donors (Lipinski definition) is 0. The third-order valence-electron chi connectivity index (χ3n) is 12.4. The quantitative estimate of drug-likeness (QED) is 0.167. The van der Waals surface area contributed by atoms with Gasteiger partial charge in [-0.25, -0.2) is 9.97 Å². The minimum Gasteiger partial charge on any atom is -0.276 e. The molecule has 0 radical (unpaired) electrons. The van der Waals surface area contributed by atoms with Crippen LogP contribution in [0.5, 0.6) is 0 Å². The highest BCUT2D eigenvalue weighted by Crippen LogP contribution is 2.50. The Morgan fingerprint density at radius 1 is 0.367 bits per heavy atom. The largest absolute Gasteiger partial charge is 0.276 e. The van der Waals surface area contributed by atoms with E-state index in [0.717, 1.165) is 38.6 Å². The molecule has 4 heteroatoms. The predicted octanol–water partition coefficient (Wildman–Crippen LogP) is 15.6. The van der Waals surface area contributed by atoms with Crippen LogP contribution < -0.4 is 0 Å². The van der Waals surface area contributed by atoms with Crippen molar-refractivity contribution in [3.05, 3.63) is 200 Å². The number of thiophene rings is 1. The molecule has 0 spiro atoms. The molecule has 0 aliphatic heterocycles. The average Bonchev–Trinajstić information content (AvgIpc) is 3.89. The van der Waals surface area contributed by atoms with Gasteiger partial charge in [0.1, 0.15) is 0 Å². The highest BCUT2D eigenvalue weighted by Gasteiger charge is 2.25. The van der Waals surface area contributed by atoms with Gasteiger partial charge in [0.05, 0.1) is 26.9 Å². The minimum atomic E-state index is 0.664. The number of fused-ring (bicyclic) bond motifs is 14. The lowest BCUT2D eigenvalue weighted by Gasteiger charge is -2.15. The van der Waals surface area contributed by atoms with Gasteiger partial charge in [-0.2, -0.15) is 0 Å². The molecule has 278 valence electrons. The van der Waals surface area contributed by atoms with Crippen LogP contribution in [0.15, 0.2) is 200 Å². The molecular formula is C56H33N3S. The van der Waals surface area contributed by atoms with Crippen LogP contribution in [0.4, 0.5) is 0 Å². The number of nitrogens with zero attached hydrogens (tertiary/aromatic N) is 3. The molecule has 13 rings (SSSR count). The average molecular weight is 780 g/mol. The van der Waals surface area contributed by atoms with E-state index in [2.05, 4.69) is 205 Å². The molecule has 0 amide bonds. The van der Waals surface area contributed by atoms with Gasteiger partial charge >= 0.3 is 0 Å². The van der Waals surface area contributed by atoms with Crippen molar-refractivity contribution in [2.75, 3.05) is 0 Å². The third kappa shape index (κ3) is 4.83. The van der Waals surface area contributed by atoms with E-state index in [1.165, 1.54) is 80.1 Å². The van der Waals surface area contributed by atoms with Crippen LogP contribution >= 0.6 is 11.3 Å². The summed E-state index contributed by atoms with van der Waals surface area (Å²) < 4.78 is 4.86. The molecule has 0 unspecified atom stereocenters. The van der Waals surface area contributed by atoms with Crippen LogP contribution in [0.25, 0.3) is 125 Å². The van der Waals surface area contributed by atoms with E-state index < -0.39 is 0 Å². The van der Waals surface area contributed by atoms with E-state index in [9.17, 15) is 0 Å². The fraction of sp³-hybridized carbons (Fsp3) is 0. The smallest absolute Gasteiger partial charge is 0.235 e. The van der Waals surface area contributed by atoms with Crippen LogP contribution in [-0.2, 0) is 0 Å². The Bertz CT molecular complexity index is 3890. The first-order chi connectivity index (χ1) is 29.8. The van der Waals surface area contributed by atoms with Gasteiger partial charge in [0.2, 0.25) is 5.95 Å². The van der Waals surface area contributed by atoms with Crippen molar-refractivity contribution in [2.24, 2.45) is 0 Å². The molecule has 0 fully saturated rings. The molecule has 0 N–H and O–H groups in total. The van der Waals surface area contributed by atoms with Crippen molar-refractivity contribution >= 4 is 96.5 Å². The summed E-state index contributed by atoms with van der Waals surface area (Å²) in [5.41, 5.74) is 10.0. The Hall–Kier alpha value is -7.66. The van der Waals surface area contributed by atoms with Crippen LogP contribution in [-0.4, -0.2) is 14.5 Å². The number of aromatic nitrogens is 3. The second-order valence-electron chi connectivity index (χ2n) is 15.6. The zero-order valence-corrected chi connectivity index (χ0v) is 33.1. The molecule has 13 aromatic rings. The summed E-state index contributed by atoms with van der Waals surface area (Å²) in [6.45, 7) is 0. The van der Waals surface area contributed by atoms with Crippen LogP contribution in [0, 0.1) is 0 Å². The van der Waals surface area contributed by atoms with Crippen molar-refractivity contribution in [2.45, 2.75) is 0 Å². The Morgan fingerprint density at radius 2 is 0.967 bits per heavy atom. The van der Waals surface area contributed by atoms with E-state index in [4.69, 9.17) is 9.97 Å². The zero-order valence-electron chi connectivity index (χ0n) is 32.3. The maximum Gasteiger partial charge on any atom is 0.235 e. The summed E-state index contributed by atoms with van der Waals surface area (Å²) in [6.07, 6.45) is 0. The Labute approximate surface area is 349 Å². The molecule has 3 nitrogen and oxygen atoms in total. The summed E-state index contributed by atoms with van der Waals surface area (Å²) in [6, 6.07) is 72.3. The van der Waals surface area contributed by atoms with Gasteiger partial charge in [-0.05, 0) is 72.8 Å². The molecule has 3 heterocycles. The van der Waals surface area contributed by atoms with Gasteiger partial charge in [0.25, 0.3) is 0 Å². The van der Waals surface area contributed by atoms with E-state index in [1.54, 1.807) is 0 Å². The van der Waals surface area contributed by atoms with Gasteiger partial charge in [-0.15, -0.1) is 11.3 Å². The first kappa shape index (κ1) is 33.3.